The first-order valence-electron chi connectivity index (χ1n) is 5.18. The Morgan fingerprint density at radius 3 is 1.95 bits per heavy atom. The second kappa shape index (κ2) is 11.8. The highest BCUT2D eigenvalue weighted by molar-refractivity contribution is 15.0. The van der Waals surface area contributed by atoms with Crippen LogP contribution in [0, 0.1) is 18.3 Å². The standard InChI is InChI=1S/2C6H7NO2.I2/c1-4(8)6-3-7-9-5(6)2;1-4(8)6(3-7)5(2)9;1-2/h3H,1-2H3;8H,1-2H3;/b;6-4-;. The molecular weight excluding hydrogens is 490 g/mol. The molecule has 0 unspecified atom stereocenters. The van der Waals surface area contributed by atoms with Crippen molar-refractivity contribution in [2.75, 3.05) is 0 Å². The topological polar surface area (TPSA) is 104 Å². The summed E-state index contributed by atoms with van der Waals surface area (Å²) in [5.41, 5.74) is 0.394. The Bertz CT molecular complexity index is 526. The van der Waals surface area contributed by atoms with Crippen molar-refractivity contribution in [3.05, 3.63) is 28.9 Å². The second-order valence-electron chi connectivity index (χ2n) is 3.48. The first-order chi connectivity index (χ1) is 9.31. The number of ketones is 2. The van der Waals surface area contributed by atoms with Crippen LogP contribution in [0.2, 0.25) is 0 Å². The highest BCUT2D eigenvalue weighted by atomic mass is 128. The average Bonchev–Trinajstić information content (AvgIpc) is 2.79. The van der Waals surface area contributed by atoms with Crippen LogP contribution in [0.3, 0.4) is 0 Å². The molecular formula is C12H14I2N2O4. The van der Waals surface area contributed by atoms with Gasteiger partial charge in [-0.25, -0.2) is 0 Å². The Morgan fingerprint density at radius 1 is 1.35 bits per heavy atom. The van der Waals surface area contributed by atoms with Gasteiger partial charge in [0, 0.05) is 37.2 Å². The van der Waals surface area contributed by atoms with E-state index in [9.17, 15) is 9.59 Å². The van der Waals surface area contributed by atoms with Crippen molar-refractivity contribution in [3.8, 4) is 6.07 Å². The molecule has 1 N–H and O–H groups in total. The lowest BCUT2D eigenvalue weighted by Crippen LogP contribution is -1.96. The van der Waals surface area contributed by atoms with Gasteiger partial charge in [-0.2, -0.15) is 5.26 Å². The Morgan fingerprint density at radius 2 is 1.85 bits per heavy atom. The van der Waals surface area contributed by atoms with E-state index in [2.05, 4.69) is 46.9 Å². The van der Waals surface area contributed by atoms with E-state index in [1.165, 1.54) is 27.0 Å². The highest BCUT2D eigenvalue weighted by Gasteiger charge is 2.06. The predicted octanol–water partition coefficient (Wildman–Crippen LogP) is 3.89. The molecule has 20 heavy (non-hydrogen) atoms. The number of carbonyl (C=O) groups excluding carboxylic acids is 2. The van der Waals surface area contributed by atoms with Crippen LogP contribution in [0.25, 0.3) is 0 Å². The molecule has 1 rings (SSSR count). The van der Waals surface area contributed by atoms with Gasteiger partial charge in [0.05, 0.1) is 11.8 Å². The van der Waals surface area contributed by atoms with E-state index in [1.54, 1.807) is 13.0 Å². The Hall–Kier alpha value is -0.960. The number of carbonyl (C=O) groups is 2. The minimum atomic E-state index is -0.405. The van der Waals surface area contributed by atoms with E-state index in [4.69, 9.17) is 10.4 Å². The normalized spacial score (nSPS) is 9.85. The number of hydrogen-bond donors (Lipinski definition) is 1. The van der Waals surface area contributed by atoms with Crippen molar-refractivity contribution in [3.63, 3.8) is 0 Å². The lowest BCUT2D eigenvalue weighted by molar-refractivity contribution is -0.113. The number of allylic oxidation sites excluding steroid dienone is 2. The maximum atomic E-state index is 10.6. The van der Waals surface area contributed by atoms with Gasteiger partial charge in [-0.05, 0) is 27.7 Å². The molecule has 0 spiro atoms. The third kappa shape index (κ3) is 8.26. The van der Waals surface area contributed by atoms with Crippen LogP contribution in [-0.4, -0.2) is 21.8 Å². The maximum Gasteiger partial charge on any atom is 0.173 e. The molecule has 0 aliphatic carbocycles. The van der Waals surface area contributed by atoms with E-state index >= 15 is 0 Å². The number of Topliss-reactive ketones (excluding diaryl/α,β-unsaturated/α-hetero) is 2. The Kier molecular flexibility index (Phi) is 12.6. The van der Waals surface area contributed by atoms with Gasteiger partial charge in [-0.15, -0.1) is 0 Å². The summed E-state index contributed by atoms with van der Waals surface area (Å²) in [4.78, 5) is 21.0. The zero-order chi connectivity index (χ0) is 16.3. The van der Waals surface area contributed by atoms with Crippen molar-refractivity contribution < 1.29 is 19.2 Å². The largest absolute Gasteiger partial charge is 0.511 e. The molecule has 8 heteroatoms. The number of halogens is 2. The number of rotatable bonds is 2. The predicted molar refractivity (Wildman–Crippen MR) is 90.9 cm³/mol. The number of aliphatic hydroxyl groups is 1. The number of nitriles is 1. The first kappa shape index (κ1) is 21.3. The van der Waals surface area contributed by atoms with Gasteiger partial charge in [0.1, 0.15) is 23.2 Å². The number of aromatic nitrogens is 1. The van der Waals surface area contributed by atoms with E-state index in [0.29, 0.717) is 11.3 Å². The van der Waals surface area contributed by atoms with Crippen LogP contribution in [0.4, 0.5) is 0 Å². The van der Waals surface area contributed by atoms with E-state index in [0.717, 1.165) is 0 Å². The number of hydrogen-bond acceptors (Lipinski definition) is 6. The van der Waals surface area contributed by atoms with Crippen LogP contribution in [-0.2, 0) is 4.79 Å². The minimum Gasteiger partial charge on any atom is -0.511 e. The van der Waals surface area contributed by atoms with Crippen LogP contribution in [0.1, 0.15) is 36.9 Å². The molecule has 0 bridgehead atoms. The van der Waals surface area contributed by atoms with Crippen LogP contribution >= 0.6 is 37.2 Å². The molecule has 0 saturated carbocycles. The molecule has 0 amide bonds. The third-order valence-electron chi connectivity index (χ3n) is 1.96. The van der Waals surface area contributed by atoms with Crippen LogP contribution in [0.15, 0.2) is 22.1 Å². The summed E-state index contributed by atoms with van der Waals surface area (Å²) < 4.78 is 4.65. The second-order valence-corrected chi connectivity index (χ2v) is 3.48. The van der Waals surface area contributed by atoms with Crippen molar-refractivity contribution in [2.45, 2.75) is 27.7 Å². The van der Waals surface area contributed by atoms with Crippen molar-refractivity contribution in [2.24, 2.45) is 0 Å². The summed E-state index contributed by atoms with van der Waals surface area (Å²) in [6.45, 7) is 5.74. The number of nitrogens with zero attached hydrogens (tertiary/aromatic N) is 2. The number of aliphatic hydroxyl groups excluding tert-OH is 1. The van der Waals surface area contributed by atoms with Gasteiger partial charge >= 0.3 is 0 Å². The monoisotopic (exact) mass is 504 g/mol. The highest BCUT2D eigenvalue weighted by Crippen LogP contribution is 2.05. The molecule has 0 fully saturated rings. The van der Waals surface area contributed by atoms with Gasteiger partial charge in [-0.1, -0.05) is 5.16 Å². The third-order valence-corrected chi connectivity index (χ3v) is 1.96. The van der Waals surface area contributed by atoms with Crippen LogP contribution in [0.5, 0.6) is 0 Å². The summed E-state index contributed by atoms with van der Waals surface area (Å²) in [7, 11) is 0. The van der Waals surface area contributed by atoms with Crippen molar-refractivity contribution >= 4 is 48.8 Å². The zero-order valence-corrected chi connectivity index (χ0v) is 15.7. The molecule has 110 valence electrons. The Labute approximate surface area is 140 Å². The zero-order valence-electron chi connectivity index (χ0n) is 11.4. The molecule has 1 aromatic heterocycles. The molecule has 0 saturated heterocycles. The lowest BCUT2D eigenvalue weighted by atomic mass is 10.2. The van der Waals surface area contributed by atoms with Crippen molar-refractivity contribution in [1.82, 2.24) is 5.16 Å². The average molecular weight is 504 g/mol. The Balaban J connectivity index is 0. The lowest BCUT2D eigenvalue weighted by Gasteiger charge is -1.89. The van der Waals surface area contributed by atoms with Gasteiger partial charge < -0.3 is 9.63 Å². The molecule has 6 nitrogen and oxygen atoms in total. The molecule has 0 aliphatic heterocycles. The van der Waals surface area contributed by atoms with Crippen molar-refractivity contribution in [1.29, 1.82) is 5.26 Å². The summed E-state index contributed by atoms with van der Waals surface area (Å²) >= 11 is 4.24. The first-order valence-corrected chi connectivity index (χ1v) is 11.5. The fourth-order valence-corrected chi connectivity index (χ4v) is 1.05. The molecule has 0 aliphatic rings. The van der Waals surface area contributed by atoms with Gasteiger partial charge in [0.25, 0.3) is 0 Å². The summed E-state index contributed by atoms with van der Waals surface area (Å²) in [6.07, 6.45) is 1.43. The molecule has 0 aromatic carbocycles. The maximum absolute atomic E-state index is 10.6. The fourth-order valence-electron chi connectivity index (χ4n) is 1.05. The quantitative estimate of drug-likeness (QED) is 0.216. The molecule has 1 heterocycles. The van der Waals surface area contributed by atoms with Crippen LogP contribution < -0.4 is 0 Å². The van der Waals surface area contributed by atoms with Gasteiger partial charge in [0.2, 0.25) is 0 Å². The fraction of sp³-hybridized carbons (Fsp3) is 0.333. The summed E-state index contributed by atoms with van der Waals surface area (Å²) in [5, 5.41) is 20.2. The van der Waals surface area contributed by atoms with E-state index in [-0.39, 0.29) is 17.1 Å². The van der Waals surface area contributed by atoms with Gasteiger partial charge in [-0.3, -0.25) is 9.59 Å². The molecule has 1 aromatic rings. The molecule has 0 radical (unpaired) electrons. The summed E-state index contributed by atoms with van der Waals surface area (Å²) in [6, 6.07) is 1.58. The van der Waals surface area contributed by atoms with E-state index < -0.39 is 5.78 Å². The smallest absolute Gasteiger partial charge is 0.173 e. The molecule has 0 atom stereocenters. The van der Waals surface area contributed by atoms with E-state index in [1.807, 2.05) is 0 Å². The summed E-state index contributed by atoms with van der Waals surface area (Å²) in [5.74, 6) is -0.0428. The minimum absolute atomic E-state index is 0.00579. The van der Waals surface area contributed by atoms with Gasteiger partial charge in [0.15, 0.2) is 11.6 Å². The SMILES string of the molecule is CC(=O)/C(C#N)=C(/C)O.CC(=O)c1cnoc1C.II. The number of aryl methyl sites for hydroxylation is 1.